The number of anilines is 1. The summed E-state index contributed by atoms with van der Waals surface area (Å²) in [5, 5.41) is 12.2. The lowest BCUT2D eigenvalue weighted by atomic mass is 10.0. The summed E-state index contributed by atoms with van der Waals surface area (Å²) in [6.45, 7) is 8.24. The van der Waals surface area contributed by atoms with Crippen LogP contribution in [-0.2, 0) is 35.2 Å². The number of amides is 3. The fourth-order valence-corrected chi connectivity index (χ4v) is 4.12. The number of carbonyl (C=O) groups is 4. The maximum absolute atomic E-state index is 13.5. The monoisotopic (exact) mass is 623 g/mol. The largest absolute Gasteiger partial charge is 0.497 e. The molecule has 0 aliphatic heterocycles. The van der Waals surface area contributed by atoms with E-state index in [-0.39, 0.29) is 31.6 Å². The summed E-state index contributed by atoms with van der Waals surface area (Å²) in [4.78, 5) is 51.8. The van der Waals surface area contributed by atoms with Crippen LogP contribution in [0.3, 0.4) is 0 Å². The van der Waals surface area contributed by atoms with E-state index in [0.29, 0.717) is 11.3 Å². The Morgan fingerprint density at radius 1 is 1.00 bits per heavy atom. The van der Waals surface area contributed by atoms with E-state index < -0.39 is 41.5 Å². The van der Waals surface area contributed by atoms with Gasteiger partial charge >= 0.3 is 12.1 Å². The van der Waals surface area contributed by atoms with Crippen LogP contribution in [0.4, 0.5) is 10.5 Å². The number of hydrogen-bond donors (Lipinski definition) is 3. The van der Waals surface area contributed by atoms with Crippen LogP contribution >= 0.6 is 0 Å². The van der Waals surface area contributed by atoms with Gasteiger partial charge in [0.25, 0.3) is 0 Å². The number of rotatable bonds is 15. The van der Waals surface area contributed by atoms with E-state index in [1.54, 1.807) is 52.1 Å². The average molecular weight is 624 g/mol. The third kappa shape index (κ3) is 10.3. The number of nitrogens with zero attached hydrogens (tertiary/aromatic N) is 2. The van der Waals surface area contributed by atoms with Gasteiger partial charge in [-0.05, 0) is 57.9 Å². The third-order valence-electron chi connectivity index (χ3n) is 6.42. The second kappa shape index (κ2) is 16.2. The van der Waals surface area contributed by atoms with Crippen molar-refractivity contribution < 1.29 is 38.1 Å². The lowest BCUT2D eigenvalue weighted by Crippen LogP contribution is -2.59. The molecule has 13 heteroatoms. The zero-order valence-electron chi connectivity index (χ0n) is 26.4. The van der Waals surface area contributed by atoms with Gasteiger partial charge in [-0.15, -0.1) is 0 Å². The zero-order chi connectivity index (χ0) is 33.0. The van der Waals surface area contributed by atoms with E-state index in [2.05, 4.69) is 21.0 Å². The number of ether oxygens (including phenoxy) is 4. The summed E-state index contributed by atoms with van der Waals surface area (Å²) in [5.41, 5.74) is 0.328. The second-order valence-corrected chi connectivity index (χ2v) is 10.9. The Labute approximate surface area is 262 Å². The molecule has 0 spiro atoms. The topological polar surface area (TPSA) is 159 Å². The highest BCUT2D eigenvalue weighted by atomic mass is 16.6. The van der Waals surface area contributed by atoms with Crippen LogP contribution in [0.5, 0.6) is 5.75 Å². The number of carbonyl (C=O) groups excluding carboxylic acids is 4. The molecule has 0 aliphatic rings. The molecular formula is C32H41N5O8. The Hall–Kier alpha value is -4.91. The highest BCUT2D eigenvalue weighted by Crippen LogP contribution is 2.24. The Morgan fingerprint density at radius 2 is 1.69 bits per heavy atom. The highest BCUT2D eigenvalue weighted by molar-refractivity contribution is 5.99. The first-order valence-corrected chi connectivity index (χ1v) is 14.5. The van der Waals surface area contributed by atoms with E-state index in [4.69, 9.17) is 18.9 Å². The van der Waals surface area contributed by atoms with Crippen molar-refractivity contribution in [3.8, 4) is 5.75 Å². The second-order valence-electron chi connectivity index (χ2n) is 10.9. The number of esters is 1. The average Bonchev–Trinajstić information content (AvgIpc) is 3.44. The molecule has 13 nitrogen and oxygen atoms in total. The van der Waals surface area contributed by atoms with Crippen molar-refractivity contribution in [1.29, 1.82) is 0 Å². The summed E-state index contributed by atoms with van der Waals surface area (Å²) in [5.74, 6) is -1.15. The number of alkyl carbamates (subject to hydrolysis) is 1. The Balaban J connectivity index is 1.79. The van der Waals surface area contributed by atoms with Crippen LogP contribution in [0.25, 0.3) is 0 Å². The number of nitrogens with one attached hydrogen (secondary N) is 3. The normalized spacial score (nSPS) is 12.5. The van der Waals surface area contributed by atoms with Crippen LogP contribution in [0.1, 0.15) is 51.8 Å². The molecule has 0 saturated carbocycles. The fraction of sp³-hybridized carbons (Fsp3) is 0.406. The maximum Gasteiger partial charge on any atom is 0.408 e. The van der Waals surface area contributed by atoms with Crippen molar-refractivity contribution in [2.45, 2.75) is 65.0 Å². The van der Waals surface area contributed by atoms with Gasteiger partial charge in [0.2, 0.25) is 11.8 Å². The van der Waals surface area contributed by atoms with Crippen molar-refractivity contribution in [2.24, 2.45) is 0 Å². The molecule has 3 amide bonds. The summed E-state index contributed by atoms with van der Waals surface area (Å²) >= 11 is 0. The molecule has 0 fully saturated rings. The quantitative estimate of drug-likeness (QED) is 0.215. The molecule has 2 atom stereocenters. The van der Waals surface area contributed by atoms with Gasteiger partial charge in [0.05, 0.1) is 44.9 Å². The van der Waals surface area contributed by atoms with Crippen molar-refractivity contribution in [3.63, 3.8) is 0 Å². The summed E-state index contributed by atoms with van der Waals surface area (Å²) < 4.78 is 22.8. The molecule has 3 N–H and O–H groups in total. The molecule has 1 heterocycles. The van der Waals surface area contributed by atoms with Crippen molar-refractivity contribution >= 4 is 29.6 Å². The summed E-state index contributed by atoms with van der Waals surface area (Å²) in [7, 11) is 1.54. The lowest BCUT2D eigenvalue weighted by Gasteiger charge is -2.28. The van der Waals surface area contributed by atoms with E-state index in [1.807, 2.05) is 30.3 Å². The predicted octanol–water partition coefficient (Wildman–Crippen LogP) is 3.60. The predicted molar refractivity (Wildman–Crippen MR) is 165 cm³/mol. The number of benzene rings is 2. The summed E-state index contributed by atoms with van der Waals surface area (Å²) in [6, 6.07) is 14.1. The van der Waals surface area contributed by atoms with Crippen molar-refractivity contribution in [1.82, 2.24) is 20.4 Å². The Kier molecular flexibility index (Phi) is 12.5. The first kappa shape index (κ1) is 34.6. The standard InChI is InChI=1S/C32H41N5O8/c1-7-44-29(39)27(23-13-15-25(42-6)16-14-23)37-18-24(17-33-37)34-28(38)26(20-43-19-22-11-9-8-10-12-22)35-30(40)32(4,5)36-31(41)45-21(2)3/h8-18,21,26-27H,7,19-20H2,1-6H3,(H,34,38)(H,35,40)(H,36,41)/t26-,27?/m1/s1. The molecule has 1 unspecified atom stereocenters. The molecule has 45 heavy (non-hydrogen) atoms. The first-order chi connectivity index (χ1) is 21.4. The van der Waals surface area contributed by atoms with Gasteiger partial charge in [-0.3, -0.25) is 14.3 Å². The Morgan fingerprint density at radius 3 is 2.31 bits per heavy atom. The van der Waals surface area contributed by atoms with E-state index in [0.717, 1.165) is 5.56 Å². The summed E-state index contributed by atoms with van der Waals surface area (Å²) in [6.07, 6.45) is 1.71. The molecule has 3 rings (SSSR count). The van der Waals surface area contributed by atoms with E-state index in [9.17, 15) is 19.2 Å². The molecular weight excluding hydrogens is 582 g/mol. The van der Waals surface area contributed by atoms with Crippen LogP contribution in [0.15, 0.2) is 67.0 Å². The van der Waals surface area contributed by atoms with Gasteiger partial charge in [0.1, 0.15) is 17.3 Å². The molecule has 0 bridgehead atoms. The zero-order valence-corrected chi connectivity index (χ0v) is 26.4. The molecule has 242 valence electrons. The van der Waals surface area contributed by atoms with Crippen LogP contribution in [-0.4, -0.2) is 71.7 Å². The Bertz CT molecular complexity index is 1420. The first-order valence-electron chi connectivity index (χ1n) is 14.5. The smallest absolute Gasteiger partial charge is 0.408 e. The van der Waals surface area contributed by atoms with Crippen molar-refractivity contribution in [2.75, 3.05) is 25.6 Å². The van der Waals surface area contributed by atoms with Crippen molar-refractivity contribution in [3.05, 3.63) is 78.1 Å². The van der Waals surface area contributed by atoms with Gasteiger partial charge in [0.15, 0.2) is 6.04 Å². The lowest BCUT2D eigenvalue weighted by molar-refractivity contribution is -0.146. The van der Waals surface area contributed by atoms with Crippen LogP contribution in [0, 0.1) is 0 Å². The molecule has 2 aromatic carbocycles. The van der Waals surface area contributed by atoms with Gasteiger partial charge in [0, 0.05) is 6.20 Å². The highest BCUT2D eigenvalue weighted by Gasteiger charge is 2.34. The maximum atomic E-state index is 13.5. The molecule has 0 saturated heterocycles. The van der Waals surface area contributed by atoms with Gasteiger partial charge in [-0.1, -0.05) is 42.5 Å². The van der Waals surface area contributed by atoms with Gasteiger partial charge < -0.3 is 34.9 Å². The fourth-order valence-electron chi connectivity index (χ4n) is 4.12. The molecule has 0 aliphatic carbocycles. The van der Waals surface area contributed by atoms with Gasteiger partial charge in [-0.2, -0.15) is 5.10 Å². The number of aromatic nitrogens is 2. The van der Waals surface area contributed by atoms with Crippen LogP contribution in [0.2, 0.25) is 0 Å². The molecule has 3 aromatic rings. The molecule has 1 aromatic heterocycles. The van der Waals surface area contributed by atoms with E-state index in [1.165, 1.54) is 30.9 Å². The number of hydrogen-bond acceptors (Lipinski definition) is 9. The molecule has 0 radical (unpaired) electrons. The SMILES string of the molecule is CCOC(=O)C(c1ccc(OC)cc1)n1cc(NC(=O)[C@@H](COCc2ccccc2)NC(=O)C(C)(C)NC(=O)OC(C)C)cn1. The van der Waals surface area contributed by atoms with E-state index >= 15 is 0 Å². The van der Waals surface area contributed by atoms with Crippen LogP contribution < -0.4 is 20.7 Å². The third-order valence-corrected chi connectivity index (χ3v) is 6.42. The number of methoxy groups -OCH3 is 1. The minimum atomic E-state index is -1.42. The minimum Gasteiger partial charge on any atom is -0.497 e. The van der Waals surface area contributed by atoms with Gasteiger partial charge in [-0.25, -0.2) is 9.59 Å². The minimum absolute atomic E-state index is 0.168.